The van der Waals surface area contributed by atoms with E-state index in [4.69, 9.17) is 0 Å². The Hall–Kier alpha value is -2.44. The zero-order chi connectivity index (χ0) is 15.0. The highest BCUT2D eigenvalue weighted by Crippen LogP contribution is 2.20. The molecule has 1 aliphatic heterocycles. The van der Waals surface area contributed by atoms with Crippen LogP contribution in [0.1, 0.15) is 35.4 Å². The number of nitrogens with zero attached hydrogens (tertiary/aromatic N) is 4. The number of hydrogen-bond acceptors (Lipinski definition) is 4. The number of rotatable bonds is 2. The van der Waals surface area contributed by atoms with Crippen molar-refractivity contribution in [3.8, 4) is 0 Å². The van der Waals surface area contributed by atoms with E-state index in [2.05, 4.69) is 10.2 Å². The van der Waals surface area contributed by atoms with E-state index in [-0.39, 0.29) is 5.91 Å². The Labute approximate surface area is 121 Å². The fraction of sp³-hybridized carbons (Fsp3) is 0.429. The van der Waals surface area contributed by atoms with E-state index >= 15 is 0 Å². The molecule has 1 aliphatic rings. The standard InChI is InChI=1S/C14H16N4O3/c1-9-15-16-12-6-5-10(8-18(9)12)13(19)17-7-3-2-4-11(17)14(20)21/h5-6,8,11H,2-4,7H2,1H3,(H,20,21)/t11-/m1/s1. The molecule has 3 heterocycles. The summed E-state index contributed by atoms with van der Waals surface area (Å²) in [6.45, 7) is 2.28. The van der Waals surface area contributed by atoms with Gasteiger partial charge in [0.2, 0.25) is 0 Å². The van der Waals surface area contributed by atoms with Gasteiger partial charge in [0.05, 0.1) is 5.56 Å². The lowest BCUT2D eigenvalue weighted by Gasteiger charge is -2.33. The van der Waals surface area contributed by atoms with Crippen LogP contribution < -0.4 is 0 Å². The fourth-order valence-corrected chi connectivity index (χ4v) is 2.73. The molecule has 0 aliphatic carbocycles. The van der Waals surface area contributed by atoms with Crippen LogP contribution >= 0.6 is 0 Å². The molecule has 2 aromatic rings. The first-order valence-corrected chi connectivity index (χ1v) is 6.93. The molecule has 0 bridgehead atoms. The molecule has 0 radical (unpaired) electrons. The number of fused-ring (bicyclic) bond motifs is 1. The number of carboxylic acids is 1. The van der Waals surface area contributed by atoms with E-state index in [0.717, 1.165) is 12.8 Å². The summed E-state index contributed by atoms with van der Waals surface area (Å²) >= 11 is 0. The third-order valence-electron chi connectivity index (χ3n) is 3.87. The third-order valence-corrected chi connectivity index (χ3v) is 3.87. The van der Waals surface area contributed by atoms with Gasteiger partial charge in [0.25, 0.3) is 5.91 Å². The van der Waals surface area contributed by atoms with Crippen molar-refractivity contribution in [3.63, 3.8) is 0 Å². The molecular formula is C14H16N4O3. The topological polar surface area (TPSA) is 87.8 Å². The van der Waals surface area contributed by atoms with E-state index in [1.54, 1.807) is 29.7 Å². The molecule has 1 N–H and O–H groups in total. The number of hydrogen-bond donors (Lipinski definition) is 1. The van der Waals surface area contributed by atoms with Crippen molar-refractivity contribution < 1.29 is 14.7 Å². The van der Waals surface area contributed by atoms with Crippen LogP contribution in [0.15, 0.2) is 18.3 Å². The SMILES string of the molecule is Cc1nnc2ccc(C(=O)N3CCCC[C@@H]3C(=O)O)cn12. The maximum absolute atomic E-state index is 12.6. The number of carbonyl (C=O) groups is 2. The highest BCUT2D eigenvalue weighted by Gasteiger charge is 2.32. The van der Waals surface area contributed by atoms with Gasteiger partial charge >= 0.3 is 5.97 Å². The number of carbonyl (C=O) groups excluding carboxylic acids is 1. The largest absolute Gasteiger partial charge is 0.480 e. The van der Waals surface area contributed by atoms with Gasteiger partial charge in [-0.15, -0.1) is 10.2 Å². The summed E-state index contributed by atoms with van der Waals surface area (Å²) in [5.74, 6) is -0.505. The fourth-order valence-electron chi connectivity index (χ4n) is 2.73. The normalized spacial score (nSPS) is 18.9. The average molecular weight is 288 g/mol. The number of likely N-dealkylation sites (tertiary alicyclic amines) is 1. The molecule has 7 heteroatoms. The van der Waals surface area contributed by atoms with Crippen LogP contribution in [0.5, 0.6) is 0 Å². The molecule has 0 spiro atoms. The molecule has 21 heavy (non-hydrogen) atoms. The second-order valence-corrected chi connectivity index (χ2v) is 5.24. The highest BCUT2D eigenvalue weighted by atomic mass is 16.4. The lowest BCUT2D eigenvalue weighted by atomic mass is 10.0. The Morgan fingerprint density at radius 2 is 2.10 bits per heavy atom. The smallest absolute Gasteiger partial charge is 0.326 e. The van der Waals surface area contributed by atoms with Crippen LogP contribution in [0.25, 0.3) is 5.65 Å². The van der Waals surface area contributed by atoms with Gasteiger partial charge in [-0.05, 0) is 38.3 Å². The van der Waals surface area contributed by atoms with Gasteiger partial charge in [-0.1, -0.05) is 0 Å². The van der Waals surface area contributed by atoms with Crippen LogP contribution in [0.2, 0.25) is 0 Å². The minimum atomic E-state index is -0.940. The Balaban J connectivity index is 1.94. The summed E-state index contributed by atoms with van der Waals surface area (Å²) in [6, 6.07) is 2.65. The predicted octanol–water partition coefficient (Wildman–Crippen LogP) is 1.12. The first kappa shape index (κ1) is 13.5. The summed E-state index contributed by atoms with van der Waals surface area (Å²) in [7, 11) is 0. The minimum absolute atomic E-state index is 0.253. The zero-order valence-electron chi connectivity index (χ0n) is 11.7. The summed E-state index contributed by atoms with van der Waals surface area (Å²) in [5, 5.41) is 17.2. The van der Waals surface area contributed by atoms with Crippen molar-refractivity contribution in [1.29, 1.82) is 0 Å². The summed E-state index contributed by atoms with van der Waals surface area (Å²) in [6.07, 6.45) is 3.85. The van der Waals surface area contributed by atoms with Crippen LogP contribution in [0, 0.1) is 6.92 Å². The molecule has 3 rings (SSSR count). The Bertz CT molecular complexity index is 709. The molecule has 7 nitrogen and oxygen atoms in total. The summed E-state index contributed by atoms with van der Waals surface area (Å²) in [5.41, 5.74) is 1.12. The van der Waals surface area contributed by atoms with Crippen LogP contribution in [0.3, 0.4) is 0 Å². The molecule has 1 atom stereocenters. The molecule has 1 fully saturated rings. The number of carboxylic acid groups (broad SMARTS) is 1. The predicted molar refractivity (Wildman–Crippen MR) is 74.0 cm³/mol. The number of pyridine rings is 1. The molecule has 0 aromatic carbocycles. The number of aryl methyl sites for hydroxylation is 1. The minimum Gasteiger partial charge on any atom is -0.480 e. The van der Waals surface area contributed by atoms with E-state index in [1.165, 1.54) is 4.90 Å². The van der Waals surface area contributed by atoms with Crippen molar-refractivity contribution in [2.75, 3.05) is 6.54 Å². The molecule has 0 saturated carbocycles. The second kappa shape index (κ2) is 5.16. The van der Waals surface area contributed by atoms with Crippen molar-refractivity contribution in [2.24, 2.45) is 0 Å². The van der Waals surface area contributed by atoms with Gasteiger partial charge < -0.3 is 10.0 Å². The third kappa shape index (κ3) is 2.35. The Morgan fingerprint density at radius 1 is 1.29 bits per heavy atom. The Kier molecular flexibility index (Phi) is 3.32. The van der Waals surface area contributed by atoms with E-state index in [9.17, 15) is 14.7 Å². The van der Waals surface area contributed by atoms with Crippen molar-refractivity contribution in [1.82, 2.24) is 19.5 Å². The Morgan fingerprint density at radius 3 is 2.86 bits per heavy atom. The molecule has 1 amide bonds. The number of piperidine rings is 1. The second-order valence-electron chi connectivity index (χ2n) is 5.24. The maximum Gasteiger partial charge on any atom is 0.326 e. The molecule has 0 unspecified atom stereocenters. The number of aliphatic carboxylic acids is 1. The van der Waals surface area contributed by atoms with Gasteiger partial charge in [0.15, 0.2) is 5.65 Å². The van der Waals surface area contributed by atoms with Gasteiger partial charge in [-0.3, -0.25) is 9.20 Å². The molecule has 2 aromatic heterocycles. The van der Waals surface area contributed by atoms with Crippen molar-refractivity contribution in [3.05, 3.63) is 29.7 Å². The van der Waals surface area contributed by atoms with Crippen LogP contribution in [0.4, 0.5) is 0 Å². The maximum atomic E-state index is 12.6. The molecule has 1 saturated heterocycles. The first-order valence-electron chi connectivity index (χ1n) is 6.93. The molecular weight excluding hydrogens is 272 g/mol. The van der Waals surface area contributed by atoms with E-state index in [1.807, 2.05) is 0 Å². The van der Waals surface area contributed by atoms with E-state index in [0.29, 0.717) is 30.0 Å². The monoisotopic (exact) mass is 288 g/mol. The molecule has 110 valence electrons. The number of aromatic nitrogens is 3. The highest BCUT2D eigenvalue weighted by molar-refractivity contribution is 5.96. The van der Waals surface area contributed by atoms with Gasteiger partial charge in [0, 0.05) is 12.7 Å². The van der Waals surface area contributed by atoms with Gasteiger partial charge in [-0.2, -0.15) is 0 Å². The lowest BCUT2D eigenvalue weighted by molar-refractivity contribution is -0.143. The van der Waals surface area contributed by atoms with Gasteiger partial charge in [0.1, 0.15) is 11.9 Å². The van der Waals surface area contributed by atoms with Crippen LogP contribution in [-0.4, -0.2) is 49.1 Å². The van der Waals surface area contributed by atoms with Crippen molar-refractivity contribution in [2.45, 2.75) is 32.2 Å². The van der Waals surface area contributed by atoms with Crippen molar-refractivity contribution >= 4 is 17.5 Å². The summed E-state index contributed by atoms with van der Waals surface area (Å²) in [4.78, 5) is 25.4. The first-order chi connectivity index (χ1) is 10.1. The van der Waals surface area contributed by atoms with Crippen LogP contribution in [-0.2, 0) is 4.79 Å². The summed E-state index contributed by atoms with van der Waals surface area (Å²) < 4.78 is 1.73. The quantitative estimate of drug-likeness (QED) is 0.894. The van der Waals surface area contributed by atoms with Gasteiger partial charge in [-0.25, -0.2) is 4.79 Å². The lowest BCUT2D eigenvalue weighted by Crippen LogP contribution is -2.48. The zero-order valence-corrected chi connectivity index (χ0v) is 11.7. The number of amides is 1. The average Bonchev–Trinajstić information content (AvgIpc) is 2.87. The van der Waals surface area contributed by atoms with E-state index < -0.39 is 12.0 Å².